The van der Waals surface area contributed by atoms with Crippen LogP contribution in [-0.4, -0.2) is 39.3 Å². The molecule has 1 fully saturated rings. The molecule has 122 valence electrons. The Kier molecular flexibility index (Phi) is 4.63. The zero-order chi connectivity index (χ0) is 16.3. The first kappa shape index (κ1) is 16.0. The van der Waals surface area contributed by atoms with Crippen LogP contribution in [0.15, 0.2) is 35.7 Å². The van der Waals surface area contributed by atoms with Crippen molar-refractivity contribution in [1.82, 2.24) is 15.1 Å². The van der Waals surface area contributed by atoms with Crippen LogP contribution in [0.4, 0.5) is 0 Å². The SMILES string of the molecule is C=CCC1(C(=O)O)CCN(Cc2cn[nH]c2-c2ccsc2)CC1. The van der Waals surface area contributed by atoms with Crippen molar-refractivity contribution in [3.8, 4) is 11.3 Å². The summed E-state index contributed by atoms with van der Waals surface area (Å²) in [5.41, 5.74) is 2.75. The number of H-pyrrole nitrogens is 1. The molecule has 23 heavy (non-hydrogen) atoms. The lowest BCUT2D eigenvalue weighted by Crippen LogP contribution is -2.43. The summed E-state index contributed by atoms with van der Waals surface area (Å²) in [7, 11) is 0. The quantitative estimate of drug-likeness (QED) is 0.796. The van der Waals surface area contributed by atoms with E-state index in [0.717, 1.165) is 36.5 Å². The molecule has 1 aliphatic rings. The highest BCUT2D eigenvalue weighted by molar-refractivity contribution is 7.08. The molecule has 0 unspecified atom stereocenters. The van der Waals surface area contributed by atoms with Crippen molar-refractivity contribution in [3.05, 3.63) is 41.2 Å². The van der Waals surface area contributed by atoms with Gasteiger partial charge in [0.15, 0.2) is 0 Å². The monoisotopic (exact) mass is 331 g/mol. The van der Waals surface area contributed by atoms with Gasteiger partial charge in [0.1, 0.15) is 0 Å². The van der Waals surface area contributed by atoms with Gasteiger partial charge >= 0.3 is 5.97 Å². The molecule has 0 spiro atoms. The van der Waals surface area contributed by atoms with E-state index < -0.39 is 11.4 Å². The molecule has 5 nitrogen and oxygen atoms in total. The molecule has 0 aromatic carbocycles. The maximum absolute atomic E-state index is 11.6. The van der Waals surface area contributed by atoms with E-state index in [0.29, 0.717) is 19.3 Å². The number of hydrogen-bond acceptors (Lipinski definition) is 4. The van der Waals surface area contributed by atoms with Gasteiger partial charge in [-0.25, -0.2) is 0 Å². The van der Waals surface area contributed by atoms with Crippen molar-refractivity contribution in [2.24, 2.45) is 5.41 Å². The van der Waals surface area contributed by atoms with Crippen LogP contribution in [0, 0.1) is 5.41 Å². The van der Waals surface area contributed by atoms with Gasteiger partial charge in [-0.3, -0.25) is 14.8 Å². The summed E-state index contributed by atoms with van der Waals surface area (Å²) in [5, 5.41) is 21.0. The number of likely N-dealkylation sites (tertiary alicyclic amines) is 1. The Morgan fingerprint density at radius 3 is 2.91 bits per heavy atom. The van der Waals surface area contributed by atoms with Crippen LogP contribution in [0.25, 0.3) is 11.3 Å². The molecule has 3 heterocycles. The summed E-state index contributed by atoms with van der Waals surface area (Å²) >= 11 is 1.66. The van der Waals surface area contributed by atoms with Crippen molar-refractivity contribution < 1.29 is 9.90 Å². The normalized spacial score (nSPS) is 17.9. The molecule has 1 aliphatic heterocycles. The average Bonchev–Trinajstić information content (AvgIpc) is 3.20. The third-order valence-corrected chi connectivity index (χ3v) is 5.41. The summed E-state index contributed by atoms with van der Waals surface area (Å²) in [5.74, 6) is -0.695. The molecule has 2 aromatic rings. The van der Waals surface area contributed by atoms with Gasteiger partial charge in [0.2, 0.25) is 0 Å². The third kappa shape index (κ3) is 3.23. The topological polar surface area (TPSA) is 69.2 Å². The smallest absolute Gasteiger partial charge is 0.310 e. The number of aromatic nitrogens is 2. The number of piperidine rings is 1. The lowest BCUT2D eigenvalue weighted by Gasteiger charge is -2.38. The van der Waals surface area contributed by atoms with Gasteiger partial charge in [-0.15, -0.1) is 6.58 Å². The Bertz CT molecular complexity index is 670. The zero-order valence-electron chi connectivity index (χ0n) is 13.0. The number of hydrogen-bond donors (Lipinski definition) is 2. The average molecular weight is 331 g/mol. The number of carbonyl (C=O) groups is 1. The number of carboxylic acid groups (broad SMARTS) is 1. The van der Waals surface area contributed by atoms with Crippen LogP contribution in [0.1, 0.15) is 24.8 Å². The Hall–Kier alpha value is -1.92. The Morgan fingerprint density at radius 1 is 1.52 bits per heavy atom. The number of carboxylic acids is 1. The molecule has 2 N–H and O–H groups in total. The highest BCUT2D eigenvalue weighted by Crippen LogP contribution is 2.36. The first-order chi connectivity index (χ1) is 11.1. The minimum Gasteiger partial charge on any atom is -0.481 e. The molecule has 0 radical (unpaired) electrons. The van der Waals surface area contributed by atoms with Gasteiger partial charge in [-0.1, -0.05) is 6.08 Å². The molecule has 0 atom stereocenters. The van der Waals surface area contributed by atoms with Gasteiger partial charge in [-0.05, 0) is 43.8 Å². The number of aromatic amines is 1. The first-order valence-electron chi connectivity index (χ1n) is 7.76. The Morgan fingerprint density at radius 2 is 2.30 bits per heavy atom. The molecular formula is C17H21N3O2S. The summed E-state index contributed by atoms with van der Waals surface area (Å²) in [6.45, 7) is 6.08. The van der Waals surface area contributed by atoms with Crippen molar-refractivity contribution >= 4 is 17.3 Å². The molecule has 1 saturated heterocycles. The fraction of sp³-hybridized carbons (Fsp3) is 0.412. The van der Waals surface area contributed by atoms with E-state index in [9.17, 15) is 9.90 Å². The van der Waals surface area contributed by atoms with Crippen LogP contribution in [0.2, 0.25) is 0 Å². The second-order valence-electron chi connectivity index (χ2n) is 6.14. The van der Waals surface area contributed by atoms with Gasteiger partial charge in [0, 0.05) is 23.1 Å². The van der Waals surface area contributed by atoms with E-state index in [1.807, 2.05) is 6.20 Å². The van der Waals surface area contributed by atoms with Gasteiger partial charge in [0.25, 0.3) is 0 Å². The van der Waals surface area contributed by atoms with Crippen molar-refractivity contribution in [1.29, 1.82) is 0 Å². The predicted molar refractivity (Wildman–Crippen MR) is 91.3 cm³/mol. The summed E-state index contributed by atoms with van der Waals surface area (Å²) in [4.78, 5) is 13.9. The summed E-state index contributed by atoms with van der Waals surface area (Å²) < 4.78 is 0. The van der Waals surface area contributed by atoms with Gasteiger partial charge < -0.3 is 5.11 Å². The largest absolute Gasteiger partial charge is 0.481 e. The Labute approximate surface area is 139 Å². The van der Waals surface area contributed by atoms with E-state index in [2.05, 4.69) is 38.5 Å². The van der Waals surface area contributed by atoms with Crippen LogP contribution >= 0.6 is 11.3 Å². The standard InChI is InChI=1S/C17H21N3O2S/c1-2-4-17(16(21)22)5-7-20(8-6-17)11-14-10-18-19-15(14)13-3-9-23-12-13/h2-3,9-10,12H,1,4-8,11H2,(H,18,19)(H,21,22). The van der Waals surface area contributed by atoms with Crippen LogP contribution in [0.3, 0.4) is 0 Å². The molecule has 0 saturated carbocycles. The van der Waals surface area contributed by atoms with Crippen molar-refractivity contribution in [3.63, 3.8) is 0 Å². The fourth-order valence-electron chi connectivity index (χ4n) is 3.25. The van der Waals surface area contributed by atoms with E-state index in [4.69, 9.17) is 0 Å². The first-order valence-corrected chi connectivity index (χ1v) is 8.70. The molecular weight excluding hydrogens is 310 g/mol. The lowest BCUT2D eigenvalue weighted by molar-refractivity contribution is -0.152. The van der Waals surface area contributed by atoms with E-state index in [1.54, 1.807) is 17.4 Å². The molecule has 0 amide bonds. The predicted octanol–water partition coefficient (Wildman–Crippen LogP) is 3.38. The van der Waals surface area contributed by atoms with Gasteiger partial charge in [-0.2, -0.15) is 16.4 Å². The van der Waals surface area contributed by atoms with E-state index in [-0.39, 0.29) is 0 Å². The maximum Gasteiger partial charge on any atom is 0.310 e. The fourth-order valence-corrected chi connectivity index (χ4v) is 3.90. The third-order valence-electron chi connectivity index (χ3n) is 4.72. The number of rotatable bonds is 6. The van der Waals surface area contributed by atoms with E-state index >= 15 is 0 Å². The molecule has 0 aliphatic carbocycles. The Balaban J connectivity index is 1.67. The highest BCUT2D eigenvalue weighted by Gasteiger charge is 2.40. The van der Waals surface area contributed by atoms with Crippen molar-refractivity contribution in [2.45, 2.75) is 25.8 Å². The minimum absolute atomic E-state index is 0.544. The minimum atomic E-state index is -0.695. The summed E-state index contributed by atoms with van der Waals surface area (Å²) in [6, 6.07) is 2.08. The molecule has 3 rings (SSSR count). The summed E-state index contributed by atoms with van der Waals surface area (Å²) in [6.07, 6.45) is 5.48. The number of allylic oxidation sites excluding steroid dienone is 1. The number of nitrogens with zero attached hydrogens (tertiary/aromatic N) is 2. The van der Waals surface area contributed by atoms with Crippen LogP contribution in [0.5, 0.6) is 0 Å². The molecule has 0 bridgehead atoms. The molecule has 2 aromatic heterocycles. The zero-order valence-corrected chi connectivity index (χ0v) is 13.8. The van der Waals surface area contributed by atoms with E-state index in [1.165, 1.54) is 0 Å². The van der Waals surface area contributed by atoms with Crippen LogP contribution in [-0.2, 0) is 11.3 Å². The number of aliphatic carboxylic acids is 1. The number of thiophene rings is 1. The molecule has 6 heteroatoms. The maximum atomic E-state index is 11.6. The van der Waals surface area contributed by atoms with Crippen LogP contribution < -0.4 is 0 Å². The number of nitrogens with one attached hydrogen (secondary N) is 1. The highest BCUT2D eigenvalue weighted by atomic mass is 32.1. The van der Waals surface area contributed by atoms with Crippen molar-refractivity contribution in [2.75, 3.05) is 13.1 Å². The second kappa shape index (κ2) is 6.68. The van der Waals surface area contributed by atoms with Gasteiger partial charge in [0.05, 0.1) is 17.3 Å². The lowest BCUT2D eigenvalue weighted by atomic mass is 9.75. The second-order valence-corrected chi connectivity index (χ2v) is 6.92.